The molecule has 33 heavy (non-hydrogen) atoms. The topological polar surface area (TPSA) is 84.9 Å². The molecule has 0 radical (unpaired) electrons. The first-order chi connectivity index (χ1) is 15.9. The Morgan fingerprint density at radius 1 is 1.09 bits per heavy atom. The maximum absolute atomic E-state index is 12.8. The van der Waals surface area contributed by atoms with E-state index in [1.165, 1.54) is 21.2 Å². The Labute approximate surface area is 198 Å². The molecule has 1 aliphatic heterocycles. The third-order valence-electron chi connectivity index (χ3n) is 5.21. The Morgan fingerprint density at radius 3 is 2.67 bits per heavy atom. The fourth-order valence-electron chi connectivity index (χ4n) is 3.47. The average molecular weight is 487 g/mol. The summed E-state index contributed by atoms with van der Waals surface area (Å²) in [6, 6.07) is 18.4. The molecule has 2 heterocycles. The van der Waals surface area contributed by atoms with Gasteiger partial charge in [-0.3, -0.25) is 4.79 Å². The number of thiophene rings is 1. The molecule has 9 heteroatoms. The number of hydrogen-bond acceptors (Lipinski definition) is 6. The summed E-state index contributed by atoms with van der Waals surface area (Å²) < 4.78 is 38.3. The van der Waals surface area contributed by atoms with Gasteiger partial charge >= 0.3 is 0 Å². The Bertz CT molecular complexity index is 1220. The predicted molar refractivity (Wildman–Crippen MR) is 127 cm³/mol. The number of morpholine rings is 1. The molecule has 1 aliphatic rings. The van der Waals surface area contributed by atoms with Crippen LogP contribution >= 0.6 is 11.3 Å². The third kappa shape index (κ3) is 6.00. The highest BCUT2D eigenvalue weighted by Crippen LogP contribution is 2.25. The van der Waals surface area contributed by atoms with Gasteiger partial charge in [-0.25, -0.2) is 8.42 Å². The van der Waals surface area contributed by atoms with E-state index in [1.54, 1.807) is 30.3 Å². The molecule has 0 saturated carbocycles. The number of ether oxygens (including phenoxy) is 2. The van der Waals surface area contributed by atoms with Crippen LogP contribution in [0.4, 0.5) is 0 Å². The number of nitrogens with zero attached hydrogens (tertiary/aromatic N) is 1. The van der Waals surface area contributed by atoms with Crippen molar-refractivity contribution in [3.8, 4) is 5.75 Å². The van der Waals surface area contributed by atoms with Crippen LogP contribution in [0.1, 0.15) is 26.4 Å². The average Bonchev–Trinajstić information content (AvgIpc) is 3.32. The lowest BCUT2D eigenvalue weighted by atomic mass is 10.1. The van der Waals surface area contributed by atoms with Crippen LogP contribution in [-0.4, -0.2) is 44.9 Å². The van der Waals surface area contributed by atoms with E-state index in [0.29, 0.717) is 44.2 Å². The molecule has 1 saturated heterocycles. The van der Waals surface area contributed by atoms with Crippen molar-refractivity contribution in [2.75, 3.05) is 26.3 Å². The van der Waals surface area contributed by atoms with Gasteiger partial charge in [-0.15, -0.1) is 11.3 Å². The van der Waals surface area contributed by atoms with Crippen LogP contribution in [0.3, 0.4) is 0 Å². The Hall–Kier alpha value is -2.72. The summed E-state index contributed by atoms with van der Waals surface area (Å²) in [5, 5.41) is 2.86. The molecular weight excluding hydrogens is 460 g/mol. The zero-order chi connectivity index (χ0) is 23.3. The van der Waals surface area contributed by atoms with Crippen LogP contribution < -0.4 is 10.1 Å². The monoisotopic (exact) mass is 486 g/mol. The van der Waals surface area contributed by atoms with Crippen molar-refractivity contribution < 1.29 is 22.7 Å². The summed E-state index contributed by atoms with van der Waals surface area (Å²) in [5.74, 6) is 0.362. The predicted octanol–water partition coefficient (Wildman–Crippen LogP) is 3.59. The molecule has 3 aromatic rings. The summed E-state index contributed by atoms with van der Waals surface area (Å²) in [6.45, 7) is 4.22. The summed E-state index contributed by atoms with van der Waals surface area (Å²) in [7, 11) is -3.53. The summed E-state index contributed by atoms with van der Waals surface area (Å²) in [4.78, 5) is 13.4. The van der Waals surface area contributed by atoms with Crippen molar-refractivity contribution in [2.24, 2.45) is 0 Å². The third-order valence-corrected chi connectivity index (χ3v) is 8.66. The van der Waals surface area contributed by atoms with Gasteiger partial charge in [0.1, 0.15) is 16.6 Å². The zero-order valence-corrected chi connectivity index (χ0v) is 20.0. The van der Waals surface area contributed by atoms with Crippen molar-refractivity contribution in [2.45, 2.75) is 24.3 Å². The Kier molecular flexibility index (Phi) is 7.44. The summed E-state index contributed by atoms with van der Waals surface area (Å²) >= 11 is 1.17. The lowest BCUT2D eigenvalue weighted by Crippen LogP contribution is -2.40. The van der Waals surface area contributed by atoms with E-state index in [0.717, 1.165) is 10.4 Å². The molecule has 0 bridgehead atoms. The normalized spacial score (nSPS) is 14.7. The lowest BCUT2D eigenvalue weighted by Gasteiger charge is -2.25. The first kappa shape index (κ1) is 23.4. The fourth-order valence-corrected chi connectivity index (χ4v) is 6.33. The molecule has 1 fully saturated rings. The van der Waals surface area contributed by atoms with Gasteiger partial charge in [0.05, 0.1) is 19.8 Å². The van der Waals surface area contributed by atoms with Crippen molar-refractivity contribution in [3.05, 3.63) is 82.2 Å². The first-order valence-electron chi connectivity index (χ1n) is 10.6. The molecule has 7 nitrogen and oxygen atoms in total. The van der Waals surface area contributed by atoms with E-state index in [4.69, 9.17) is 9.47 Å². The molecule has 1 amide bonds. The van der Waals surface area contributed by atoms with E-state index in [2.05, 4.69) is 11.4 Å². The van der Waals surface area contributed by atoms with Gasteiger partial charge in [-0.2, -0.15) is 4.31 Å². The van der Waals surface area contributed by atoms with Crippen molar-refractivity contribution in [3.63, 3.8) is 0 Å². The van der Waals surface area contributed by atoms with Gasteiger partial charge in [-0.1, -0.05) is 35.9 Å². The molecule has 4 rings (SSSR count). The van der Waals surface area contributed by atoms with Crippen molar-refractivity contribution in [1.82, 2.24) is 9.62 Å². The minimum atomic E-state index is -3.53. The van der Waals surface area contributed by atoms with Crippen LogP contribution in [0.2, 0.25) is 0 Å². The van der Waals surface area contributed by atoms with Gasteiger partial charge in [-0.05, 0) is 42.8 Å². The number of carbonyl (C=O) groups excluding carboxylic acids is 1. The summed E-state index contributed by atoms with van der Waals surface area (Å²) in [6.07, 6.45) is 0. The molecule has 0 aliphatic carbocycles. The number of carbonyl (C=O) groups is 1. The second-order valence-corrected chi connectivity index (χ2v) is 11.1. The Balaban J connectivity index is 1.34. The second kappa shape index (κ2) is 10.5. The Morgan fingerprint density at radius 2 is 1.88 bits per heavy atom. The molecule has 1 aromatic heterocycles. The fraction of sp³-hybridized carbons (Fsp3) is 0.292. The number of nitrogens with one attached hydrogen (secondary N) is 1. The van der Waals surface area contributed by atoms with Crippen LogP contribution in [0.25, 0.3) is 0 Å². The number of benzene rings is 2. The highest BCUT2D eigenvalue weighted by molar-refractivity contribution is 7.91. The maximum atomic E-state index is 12.8. The SMILES string of the molecule is Cc1cccc(COc2cccc(C(=O)NCc3ccc(S(=O)(=O)N4CCOCC4)s3)c2)c1. The highest BCUT2D eigenvalue weighted by Gasteiger charge is 2.27. The van der Waals surface area contributed by atoms with E-state index in [9.17, 15) is 13.2 Å². The van der Waals surface area contributed by atoms with Crippen LogP contribution in [0.5, 0.6) is 5.75 Å². The summed E-state index contributed by atoms with van der Waals surface area (Å²) in [5.41, 5.74) is 2.71. The van der Waals surface area contributed by atoms with E-state index in [1.807, 2.05) is 31.2 Å². The smallest absolute Gasteiger partial charge is 0.252 e. The number of rotatable bonds is 8. The number of sulfonamides is 1. The molecule has 1 N–H and O–H groups in total. The minimum Gasteiger partial charge on any atom is -0.489 e. The standard InChI is InChI=1S/C24H26N2O5S2/c1-18-4-2-5-19(14-18)17-31-21-7-3-6-20(15-21)24(27)25-16-22-8-9-23(32-22)33(28,29)26-10-12-30-13-11-26/h2-9,14-15H,10-13,16-17H2,1H3,(H,25,27). The maximum Gasteiger partial charge on any atom is 0.252 e. The molecule has 2 aromatic carbocycles. The van der Waals surface area contributed by atoms with Gasteiger partial charge in [0.25, 0.3) is 15.9 Å². The number of hydrogen-bond donors (Lipinski definition) is 1. The molecule has 0 unspecified atom stereocenters. The van der Waals surface area contributed by atoms with Crippen LogP contribution in [0, 0.1) is 6.92 Å². The molecule has 0 spiro atoms. The lowest BCUT2D eigenvalue weighted by molar-refractivity contribution is 0.0731. The van der Waals surface area contributed by atoms with E-state index >= 15 is 0 Å². The molecule has 0 atom stereocenters. The van der Waals surface area contributed by atoms with E-state index in [-0.39, 0.29) is 16.7 Å². The van der Waals surface area contributed by atoms with Crippen LogP contribution in [0.15, 0.2) is 64.9 Å². The zero-order valence-electron chi connectivity index (χ0n) is 18.3. The van der Waals surface area contributed by atoms with E-state index < -0.39 is 10.0 Å². The first-order valence-corrected chi connectivity index (χ1v) is 12.9. The number of aryl methyl sites for hydroxylation is 1. The van der Waals surface area contributed by atoms with Crippen molar-refractivity contribution in [1.29, 1.82) is 0 Å². The quantitative estimate of drug-likeness (QED) is 0.526. The second-order valence-electron chi connectivity index (χ2n) is 7.73. The van der Waals surface area contributed by atoms with Gasteiger partial charge in [0.2, 0.25) is 0 Å². The minimum absolute atomic E-state index is 0.247. The van der Waals surface area contributed by atoms with Crippen molar-refractivity contribution >= 4 is 27.3 Å². The van der Waals surface area contributed by atoms with Gasteiger partial charge in [0, 0.05) is 23.5 Å². The molecule has 174 valence electrons. The largest absolute Gasteiger partial charge is 0.489 e. The van der Waals surface area contributed by atoms with Gasteiger partial charge < -0.3 is 14.8 Å². The number of amides is 1. The molecular formula is C24H26N2O5S2. The van der Waals surface area contributed by atoms with Gasteiger partial charge in [0.15, 0.2) is 0 Å². The van der Waals surface area contributed by atoms with Crippen LogP contribution in [-0.2, 0) is 27.9 Å². The highest BCUT2D eigenvalue weighted by atomic mass is 32.2.